The van der Waals surface area contributed by atoms with Crippen molar-refractivity contribution in [2.75, 3.05) is 5.32 Å². The van der Waals surface area contributed by atoms with E-state index in [1.165, 1.54) is 12.3 Å². The Balaban J connectivity index is 2.16. The molecule has 2 aromatic rings. The zero-order valence-corrected chi connectivity index (χ0v) is 10.6. The molecule has 0 unspecified atom stereocenters. The van der Waals surface area contributed by atoms with Crippen molar-refractivity contribution in [3.05, 3.63) is 59.7 Å². The lowest BCUT2D eigenvalue weighted by Crippen LogP contribution is -2.14. The van der Waals surface area contributed by atoms with Crippen LogP contribution in [0.15, 0.2) is 42.7 Å². The fraction of sp³-hybridized carbons (Fsp3) is 0. The summed E-state index contributed by atoms with van der Waals surface area (Å²) in [6, 6.07) is 7.81. The van der Waals surface area contributed by atoms with Gasteiger partial charge in [0.25, 0.3) is 5.91 Å². The number of rotatable bonds is 3. The first-order valence-corrected chi connectivity index (χ1v) is 5.79. The molecule has 2 rings (SSSR count). The van der Waals surface area contributed by atoms with Crippen molar-refractivity contribution in [1.29, 1.82) is 0 Å². The molecular formula is C13H10FN3OS. The summed E-state index contributed by atoms with van der Waals surface area (Å²) in [4.78, 5) is 15.7. The summed E-state index contributed by atoms with van der Waals surface area (Å²) < 4.78 is 13.3. The molecule has 1 aromatic carbocycles. The summed E-state index contributed by atoms with van der Waals surface area (Å²) in [5.74, 6) is -1.00. The number of hydrogen-bond donors (Lipinski definition) is 2. The minimum absolute atomic E-state index is 0.0819. The minimum atomic E-state index is -0.587. The number of nitrogens with one attached hydrogen (secondary N) is 1. The Morgan fingerprint density at radius 1 is 1.21 bits per heavy atom. The number of pyridine rings is 1. The predicted octanol–water partition coefficient (Wildman–Crippen LogP) is 2.11. The van der Waals surface area contributed by atoms with Crippen LogP contribution >= 0.6 is 12.2 Å². The van der Waals surface area contributed by atoms with Gasteiger partial charge in [-0.25, -0.2) is 4.39 Å². The number of benzene rings is 1. The Bertz CT molecular complexity index is 628. The lowest BCUT2D eigenvalue weighted by Gasteiger charge is -2.06. The average Bonchev–Trinajstić information content (AvgIpc) is 2.41. The maximum Gasteiger partial charge on any atom is 0.255 e. The number of anilines is 1. The second-order valence-corrected chi connectivity index (χ2v) is 4.19. The monoisotopic (exact) mass is 275 g/mol. The van der Waals surface area contributed by atoms with Gasteiger partial charge in [-0.3, -0.25) is 9.78 Å². The third-order valence-electron chi connectivity index (χ3n) is 2.45. The van der Waals surface area contributed by atoms with Crippen LogP contribution in [0, 0.1) is 5.82 Å². The summed E-state index contributed by atoms with van der Waals surface area (Å²) in [6.07, 6.45) is 2.43. The molecule has 1 heterocycles. The van der Waals surface area contributed by atoms with Gasteiger partial charge in [0.15, 0.2) is 5.82 Å². The second kappa shape index (κ2) is 5.53. The van der Waals surface area contributed by atoms with Gasteiger partial charge in [0.05, 0.1) is 11.9 Å². The maximum atomic E-state index is 13.3. The zero-order chi connectivity index (χ0) is 13.8. The van der Waals surface area contributed by atoms with Gasteiger partial charge in [0.2, 0.25) is 0 Å². The Kier molecular flexibility index (Phi) is 3.82. The number of amides is 1. The van der Waals surface area contributed by atoms with Crippen LogP contribution in [0.4, 0.5) is 10.1 Å². The van der Waals surface area contributed by atoms with Crippen molar-refractivity contribution in [1.82, 2.24) is 4.98 Å². The molecule has 0 spiro atoms. The molecule has 0 saturated heterocycles. The molecule has 1 amide bonds. The van der Waals surface area contributed by atoms with E-state index in [2.05, 4.69) is 10.3 Å². The molecule has 0 radical (unpaired) electrons. The van der Waals surface area contributed by atoms with Gasteiger partial charge >= 0.3 is 0 Å². The van der Waals surface area contributed by atoms with Crippen molar-refractivity contribution in [3.8, 4) is 0 Å². The lowest BCUT2D eigenvalue weighted by atomic mass is 10.1. The molecule has 6 heteroatoms. The molecule has 0 aliphatic heterocycles. The standard InChI is InChI=1S/C13H10FN3OS/c14-10-7-16-6-5-11(10)17-13(18)9-3-1-8(2-4-9)12(15)19/h1-7H,(H2,15,19)(H,16,17,18). The first kappa shape index (κ1) is 13.1. The van der Waals surface area contributed by atoms with Gasteiger partial charge in [0, 0.05) is 17.3 Å². The van der Waals surface area contributed by atoms with Crippen LogP contribution in [-0.4, -0.2) is 15.9 Å². The molecule has 0 aliphatic carbocycles. The zero-order valence-electron chi connectivity index (χ0n) is 9.76. The smallest absolute Gasteiger partial charge is 0.255 e. The van der Waals surface area contributed by atoms with Crippen molar-refractivity contribution < 1.29 is 9.18 Å². The minimum Gasteiger partial charge on any atom is -0.389 e. The van der Waals surface area contributed by atoms with Crippen LogP contribution in [0.25, 0.3) is 0 Å². The van der Waals surface area contributed by atoms with E-state index in [4.69, 9.17) is 18.0 Å². The quantitative estimate of drug-likeness (QED) is 0.842. The molecule has 0 saturated carbocycles. The van der Waals surface area contributed by atoms with E-state index in [0.717, 1.165) is 6.20 Å². The molecule has 96 valence electrons. The van der Waals surface area contributed by atoms with E-state index < -0.39 is 11.7 Å². The van der Waals surface area contributed by atoms with Crippen molar-refractivity contribution in [2.24, 2.45) is 5.73 Å². The molecule has 1 aromatic heterocycles. The largest absolute Gasteiger partial charge is 0.389 e. The highest BCUT2D eigenvalue weighted by molar-refractivity contribution is 7.80. The van der Waals surface area contributed by atoms with Crippen LogP contribution in [0.5, 0.6) is 0 Å². The van der Waals surface area contributed by atoms with E-state index in [0.29, 0.717) is 11.1 Å². The lowest BCUT2D eigenvalue weighted by molar-refractivity contribution is 0.102. The highest BCUT2D eigenvalue weighted by atomic mass is 32.1. The summed E-state index contributed by atoms with van der Waals surface area (Å²) in [5.41, 5.74) is 6.59. The summed E-state index contributed by atoms with van der Waals surface area (Å²) in [7, 11) is 0. The van der Waals surface area contributed by atoms with E-state index in [9.17, 15) is 9.18 Å². The number of halogens is 1. The molecule has 3 N–H and O–H groups in total. The van der Waals surface area contributed by atoms with Gasteiger partial charge in [0.1, 0.15) is 4.99 Å². The fourth-order valence-corrected chi connectivity index (χ4v) is 1.59. The molecule has 0 atom stereocenters. The third kappa shape index (κ3) is 3.11. The van der Waals surface area contributed by atoms with Crippen molar-refractivity contribution in [3.63, 3.8) is 0 Å². The summed E-state index contributed by atoms with van der Waals surface area (Å²) >= 11 is 4.81. The maximum absolute atomic E-state index is 13.3. The molecule has 19 heavy (non-hydrogen) atoms. The van der Waals surface area contributed by atoms with Crippen molar-refractivity contribution >= 4 is 28.8 Å². The Morgan fingerprint density at radius 2 is 1.84 bits per heavy atom. The highest BCUT2D eigenvalue weighted by Gasteiger charge is 2.09. The first-order valence-electron chi connectivity index (χ1n) is 5.38. The van der Waals surface area contributed by atoms with E-state index >= 15 is 0 Å². The second-order valence-electron chi connectivity index (χ2n) is 3.75. The molecule has 0 fully saturated rings. The molecule has 0 bridgehead atoms. The number of carbonyl (C=O) groups excluding carboxylic acids is 1. The molecular weight excluding hydrogens is 265 g/mol. The first-order chi connectivity index (χ1) is 9.08. The van der Waals surface area contributed by atoms with Gasteiger partial charge in [-0.1, -0.05) is 24.4 Å². The number of aromatic nitrogens is 1. The SMILES string of the molecule is NC(=S)c1ccc(C(=O)Nc2ccncc2F)cc1. The highest BCUT2D eigenvalue weighted by Crippen LogP contribution is 2.13. The van der Waals surface area contributed by atoms with Gasteiger partial charge in [-0.05, 0) is 18.2 Å². The third-order valence-corrected chi connectivity index (χ3v) is 2.69. The normalized spacial score (nSPS) is 9.95. The van der Waals surface area contributed by atoms with Crippen LogP contribution in [-0.2, 0) is 0 Å². The molecule has 0 aliphatic rings. The van der Waals surface area contributed by atoms with Crippen molar-refractivity contribution in [2.45, 2.75) is 0 Å². The fourth-order valence-electron chi connectivity index (χ4n) is 1.46. The number of thiocarbonyl (C=S) groups is 1. The Morgan fingerprint density at radius 3 is 2.42 bits per heavy atom. The van der Waals surface area contributed by atoms with Gasteiger partial charge < -0.3 is 11.1 Å². The van der Waals surface area contributed by atoms with Gasteiger partial charge in [-0.15, -0.1) is 0 Å². The molecule has 4 nitrogen and oxygen atoms in total. The van der Waals surface area contributed by atoms with Crippen LogP contribution in [0.3, 0.4) is 0 Å². The predicted molar refractivity (Wildman–Crippen MR) is 74.5 cm³/mol. The van der Waals surface area contributed by atoms with Gasteiger partial charge in [-0.2, -0.15) is 0 Å². The average molecular weight is 275 g/mol. The summed E-state index contributed by atoms with van der Waals surface area (Å²) in [6.45, 7) is 0. The van der Waals surface area contributed by atoms with E-state index in [1.54, 1.807) is 24.3 Å². The Labute approximate surface area is 114 Å². The Hall–Kier alpha value is -2.34. The number of carbonyl (C=O) groups is 1. The van der Waals surface area contributed by atoms with E-state index in [-0.39, 0.29) is 10.7 Å². The van der Waals surface area contributed by atoms with Crippen LogP contribution in [0.1, 0.15) is 15.9 Å². The number of nitrogens with zero attached hydrogens (tertiary/aromatic N) is 1. The van der Waals surface area contributed by atoms with E-state index in [1.807, 2.05) is 0 Å². The number of nitrogens with two attached hydrogens (primary N) is 1. The topological polar surface area (TPSA) is 68.0 Å². The number of hydrogen-bond acceptors (Lipinski definition) is 3. The van der Waals surface area contributed by atoms with Crippen LogP contribution in [0.2, 0.25) is 0 Å². The van der Waals surface area contributed by atoms with Crippen LogP contribution < -0.4 is 11.1 Å². The summed E-state index contributed by atoms with van der Waals surface area (Å²) in [5, 5.41) is 2.46.